The fourth-order valence-corrected chi connectivity index (χ4v) is 2.06. The molecular formula is C16H17FN2O3. The summed E-state index contributed by atoms with van der Waals surface area (Å²) in [6, 6.07) is 7.66. The van der Waals surface area contributed by atoms with Crippen molar-refractivity contribution in [3.8, 4) is 0 Å². The van der Waals surface area contributed by atoms with Crippen molar-refractivity contribution >= 4 is 11.8 Å². The number of furan rings is 1. The molecule has 2 rings (SSSR count). The number of halogens is 1. The molecule has 0 bridgehead atoms. The first-order valence-corrected chi connectivity index (χ1v) is 6.86. The molecule has 0 aliphatic rings. The Hall–Kier alpha value is -2.63. The normalized spacial score (nSPS) is 10.3. The van der Waals surface area contributed by atoms with Crippen molar-refractivity contribution in [1.82, 2.24) is 10.9 Å². The standard InChI is InChI=1S/C16H17FN2O3/c1-10-8-14(11(2)22-10)16(21)19-18-15(20)7-6-12-4-3-5-13(17)9-12/h3-5,8-9H,6-7H2,1-2H3,(H,18,20)(H,19,21). The van der Waals surface area contributed by atoms with Crippen molar-refractivity contribution in [3.63, 3.8) is 0 Å². The van der Waals surface area contributed by atoms with Gasteiger partial charge in [0.25, 0.3) is 5.91 Å². The molecule has 0 radical (unpaired) electrons. The van der Waals surface area contributed by atoms with Crippen molar-refractivity contribution < 1.29 is 18.4 Å². The summed E-state index contributed by atoms with van der Waals surface area (Å²) in [5.41, 5.74) is 5.76. The Morgan fingerprint density at radius 1 is 1.18 bits per heavy atom. The summed E-state index contributed by atoms with van der Waals surface area (Å²) >= 11 is 0. The predicted molar refractivity (Wildman–Crippen MR) is 78.5 cm³/mol. The van der Waals surface area contributed by atoms with Crippen molar-refractivity contribution in [3.05, 3.63) is 58.8 Å². The zero-order valence-corrected chi connectivity index (χ0v) is 12.4. The van der Waals surface area contributed by atoms with E-state index in [9.17, 15) is 14.0 Å². The van der Waals surface area contributed by atoms with Crippen molar-refractivity contribution in [2.24, 2.45) is 0 Å². The van der Waals surface area contributed by atoms with Crippen LogP contribution in [0.5, 0.6) is 0 Å². The SMILES string of the molecule is Cc1cc(C(=O)NNC(=O)CCc2cccc(F)c2)c(C)o1. The van der Waals surface area contributed by atoms with Crippen molar-refractivity contribution in [1.29, 1.82) is 0 Å². The fourth-order valence-electron chi connectivity index (χ4n) is 2.06. The number of carbonyl (C=O) groups excluding carboxylic acids is 2. The summed E-state index contributed by atoms with van der Waals surface area (Å²) in [4.78, 5) is 23.6. The van der Waals surface area contributed by atoms with E-state index in [0.717, 1.165) is 5.56 Å². The Kier molecular flexibility index (Phi) is 4.93. The Balaban J connectivity index is 1.80. The van der Waals surface area contributed by atoms with Crippen molar-refractivity contribution in [2.45, 2.75) is 26.7 Å². The van der Waals surface area contributed by atoms with Crippen LogP contribution in [-0.4, -0.2) is 11.8 Å². The minimum atomic E-state index is -0.437. The third-order valence-electron chi connectivity index (χ3n) is 3.13. The number of benzene rings is 1. The van der Waals surface area contributed by atoms with Gasteiger partial charge in [-0.2, -0.15) is 0 Å². The minimum Gasteiger partial charge on any atom is -0.466 e. The molecule has 0 spiro atoms. The van der Waals surface area contributed by atoms with Gasteiger partial charge in [-0.15, -0.1) is 0 Å². The molecule has 2 amide bonds. The summed E-state index contributed by atoms with van der Waals surface area (Å²) < 4.78 is 18.3. The van der Waals surface area contributed by atoms with Gasteiger partial charge in [-0.05, 0) is 44.0 Å². The second-order valence-corrected chi connectivity index (χ2v) is 4.96. The van der Waals surface area contributed by atoms with Crippen LogP contribution in [-0.2, 0) is 11.2 Å². The molecule has 6 heteroatoms. The average molecular weight is 304 g/mol. The monoisotopic (exact) mass is 304 g/mol. The molecule has 1 heterocycles. The van der Waals surface area contributed by atoms with Gasteiger partial charge in [-0.3, -0.25) is 20.4 Å². The third-order valence-corrected chi connectivity index (χ3v) is 3.13. The molecule has 0 saturated heterocycles. The number of carbonyl (C=O) groups is 2. The molecule has 0 aliphatic carbocycles. The van der Waals surface area contributed by atoms with Gasteiger partial charge in [0.15, 0.2) is 0 Å². The number of hydrogen-bond donors (Lipinski definition) is 2. The van der Waals surface area contributed by atoms with Crippen LogP contribution in [0, 0.1) is 19.7 Å². The topological polar surface area (TPSA) is 71.3 Å². The third kappa shape index (κ3) is 4.18. The molecule has 0 atom stereocenters. The summed E-state index contributed by atoms with van der Waals surface area (Å²) in [7, 11) is 0. The van der Waals surface area contributed by atoms with E-state index in [2.05, 4.69) is 10.9 Å². The number of hydrazine groups is 1. The summed E-state index contributed by atoms with van der Waals surface area (Å²) in [5.74, 6) is -0.00922. The second kappa shape index (κ2) is 6.89. The van der Waals surface area contributed by atoms with Crippen LogP contribution < -0.4 is 10.9 Å². The van der Waals surface area contributed by atoms with E-state index < -0.39 is 5.91 Å². The second-order valence-electron chi connectivity index (χ2n) is 4.96. The number of hydrogen-bond acceptors (Lipinski definition) is 3. The van der Waals surface area contributed by atoms with E-state index in [4.69, 9.17) is 4.42 Å². The highest BCUT2D eigenvalue weighted by molar-refractivity contribution is 5.96. The maximum atomic E-state index is 13.0. The number of amides is 2. The fraction of sp³-hybridized carbons (Fsp3) is 0.250. The lowest BCUT2D eigenvalue weighted by Crippen LogP contribution is -2.41. The first-order valence-electron chi connectivity index (χ1n) is 6.86. The average Bonchev–Trinajstić information content (AvgIpc) is 2.81. The molecule has 2 N–H and O–H groups in total. The lowest BCUT2D eigenvalue weighted by molar-refractivity contribution is -0.121. The van der Waals surface area contributed by atoms with Crippen LogP contribution in [0.4, 0.5) is 4.39 Å². The molecule has 1 aromatic carbocycles. The van der Waals surface area contributed by atoms with Gasteiger partial charge in [-0.25, -0.2) is 4.39 Å². The molecule has 22 heavy (non-hydrogen) atoms. The maximum Gasteiger partial charge on any atom is 0.273 e. The Morgan fingerprint density at radius 2 is 1.95 bits per heavy atom. The van der Waals surface area contributed by atoms with Crippen LogP contribution >= 0.6 is 0 Å². The molecular weight excluding hydrogens is 287 g/mol. The molecule has 116 valence electrons. The molecule has 1 aromatic heterocycles. The Morgan fingerprint density at radius 3 is 2.59 bits per heavy atom. The van der Waals surface area contributed by atoms with Gasteiger partial charge in [0.2, 0.25) is 5.91 Å². The first-order chi connectivity index (χ1) is 10.5. The van der Waals surface area contributed by atoms with Crippen LogP contribution in [0.3, 0.4) is 0 Å². The van der Waals surface area contributed by atoms with E-state index in [1.807, 2.05) is 0 Å². The Bertz CT molecular complexity index is 694. The van der Waals surface area contributed by atoms with E-state index in [-0.39, 0.29) is 18.1 Å². The highest BCUT2D eigenvalue weighted by atomic mass is 19.1. The van der Waals surface area contributed by atoms with Crippen LogP contribution in [0.2, 0.25) is 0 Å². The predicted octanol–water partition coefficient (Wildman–Crippen LogP) is 2.43. The Labute approximate surface area is 127 Å². The molecule has 0 fully saturated rings. The maximum absolute atomic E-state index is 13.0. The van der Waals surface area contributed by atoms with Crippen molar-refractivity contribution in [2.75, 3.05) is 0 Å². The highest BCUT2D eigenvalue weighted by Gasteiger charge is 2.14. The number of rotatable bonds is 4. The lowest BCUT2D eigenvalue weighted by atomic mass is 10.1. The minimum absolute atomic E-state index is 0.146. The largest absolute Gasteiger partial charge is 0.466 e. The molecule has 5 nitrogen and oxygen atoms in total. The lowest BCUT2D eigenvalue weighted by Gasteiger charge is -2.07. The summed E-state index contributed by atoms with van der Waals surface area (Å²) in [6.07, 6.45) is 0.538. The van der Waals surface area contributed by atoms with Crippen LogP contribution in [0.25, 0.3) is 0 Å². The first kappa shape index (κ1) is 15.8. The van der Waals surface area contributed by atoms with Crippen LogP contribution in [0.1, 0.15) is 33.9 Å². The zero-order chi connectivity index (χ0) is 16.1. The van der Waals surface area contributed by atoms with E-state index in [1.165, 1.54) is 12.1 Å². The molecule has 0 saturated carbocycles. The van der Waals surface area contributed by atoms with Gasteiger partial charge in [0.05, 0.1) is 5.56 Å². The van der Waals surface area contributed by atoms with Crippen LogP contribution in [0.15, 0.2) is 34.7 Å². The highest BCUT2D eigenvalue weighted by Crippen LogP contribution is 2.13. The summed E-state index contributed by atoms with van der Waals surface area (Å²) in [5, 5.41) is 0. The van der Waals surface area contributed by atoms with Gasteiger partial charge >= 0.3 is 0 Å². The van der Waals surface area contributed by atoms with E-state index >= 15 is 0 Å². The van der Waals surface area contributed by atoms with Gasteiger partial charge in [-0.1, -0.05) is 12.1 Å². The quantitative estimate of drug-likeness (QED) is 0.852. The number of aryl methyl sites for hydroxylation is 3. The molecule has 0 unspecified atom stereocenters. The zero-order valence-electron chi connectivity index (χ0n) is 12.4. The smallest absolute Gasteiger partial charge is 0.273 e. The molecule has 0 aliphatic heterocycles. The van der Waals surface area contributed by atoms with Gasteiger partial charge in [0, 0.05) is 6.42 Å². The summed E-state index contributed by atoms with van der Waals surface area (Å²) in [6.45, 7) is 3.41. The van der Waals surface area contributed by atoms with Gasteiger partial charge < -0.3 is 4.42 Å². The van der Waals surface area contributed by atoms with E-state index in [0.29, 0.717) is 23.5 Å². The molecule has 2 aromatic rings. The van der Waals surface area contributed by atoms with Gasteiger partial charge in [0.1, 0.15) is 17.3 Å². The number of nitrogens with one attached hydrogen (secondary N) is 2. The van der Waals surface area contributed by atoms with E-state index in [1.54, 1.807) is 32.0 Å².